The zero-order valence-corrected chi connectivity index (χ0v) is 21.6. The van der Waals surface area contributed by atoms with Crippen LogP contribution in [0.1, 0.15) is 63.2 Å². The fraction of sp³-hybridized carbons (Fsp3) is 0.345. The van der Waals surface area contributed by atoms with Crippen molar-refractivity contribution < 1.29 is 27.9 Å². The number of nitrogens with two attached hydrogens (primary N) is 1. The number of benzene rings is 2. The van der Waals surface area contributed by atoms with Gasteiger partial charge >= 0.3 is 6.18 Å². The Bertz CT molecular complexity index is 1540. The summed E-state index contributed by atoms with van der Waals surface area (Å²) in [6.45, 7) is 4.32. The number of anilines is 1. The van der Waals surface area contributed by atoms with E-state index in [4.69, 9.17) is 10.8 Å². The van der Waals surface area contributed by atoms with Gasteiger partial charge in [0, 0.05) is 43.7 Å². The van der Waals surface area contributed by atoms with Gasteiger partial charge in [0.05, 0.1) is 28.6 Å². The Morgan fingerprint density at radius 2 is 1.88 bits per heavy atom. The largest absolute Gasteiger partial charge is 0.506 e. The lowest BCUT2D eigenvalue weighted by molar-refractivity contribution is -0.137. The average molecular weight is 552 g/mol. The summed E-state index contributed by atoms with van der Waals surface area (Å²) in [5, 5.41) is 15.7. The van der Waals surface area contributed by atoms with Gasteiger partial charge in [-0.25, -0.2) is 4.68 Å². The zero-order valence-electron chi connectivity index (χ0n) is 21.6. The van der Waals surface area contributed by atoms with Gasteiger partial charge in [-0.1, -0.05) is 12.6 Å². The predicted molar refractivity (Wildman–Crippen MR) is 141 cm³/mol. The third-order valence-electron chi connectivity index (χ3n) is 8.04. The second-order valence-corrected chi connectivity index (χ2v) is 10.5. The lowest BCUT2D eigenvalue weighted by Gasteiger charge is -2.38. The standard InChI is InChI=1S/C29H28F3N5O3/c1-2-26(39)35-11-9-21-27-23(37(34-21)22-8-5-17(13-25(22)38)16-3-4-16)10-12-36(24(27)15-35)28(40)19-7-6-18(14-20(19)33)29(30,31)32/h2,5-8,13-14,16,24,38H,1,3-4,9-12,15,33H2/t24-/m0/s1. The fourth-order valence-corrected chi connectivity index (χ4v) is 5.84. The monoisotopic (exact) mass is 551 g/mol. The number of aromatic hydroxyl groups is 1. The van der Waals surface area contributed by atoms with Gasteiger partial charge in [0.1, 0.15) is 11.4 Å². The van der Waals surface area contributed by atoms with Gasteiger partial charge in [0.15, 0.2) is 0 Å². The van der Waals surface area contributed by atoms with E-state index in [9.17, 15) is 27.9 Å². The number of hydrogen-bond acceptors (Lipinski definition) is 5. The van der Waals surface area contributed by atoms with Crippen LogP contribution in [0.4, 0.5) is 18.9 Å². The second-order valence-electron chi connectivity index (χ2n) is 10.5. The van der Waals surface area contributed by atoms with Crippen LogP contribution in [0.5, 0.6) is 5.75 Å². The van der Waals surface area contributed by atoms with Crippen LogP contribution in [0.3, 0.4) is 0 Å². The molecule has 1 saturated carbocycles. The molecule has 3 aliphatic rings. The number of aromatic nitrogens is 2. The molecule has 2 amide bonds. The first-order chi connectivity index (χ1) is 19.1. The van der Waals surface area contributed by atoms with Crippen molar-refractivity contribution in [3.63, 3.8) is 0 Å². The molecule has 8 nitrogen and oxygen atoms in total. The van der Waals surface area contributed by atoms with Gasteiger partial charge in [-0.2, -0.15) is 18.3 Å². The molecule has 3 N–H and O–H groups in total. The number of phenolic OH excluding ortho intramolecular Hbond substituents is 1. The maximum atomic E-state index is 13.8. The lowest BCUT2D eigenvalue weighted by Crippen LogP contribution is -2.46. The molecule has 11 heteroatoms. The summed E-state index contributed by atoms with van der Waals surface area (Å²) >= 11 is 0. The summed E-state index contributed by atoms with van der Waals surface area (Å²) < 4.78 is 41.3. The Morgan fingerprint density at radius 3 is 2.52 bits per heavy atom. The molecule has 6 rings (SSSR count). The molecule has 1 aromatic heterocycles. The van der Waals surface area contributed by atoms with E-state index in [-0.39, 0.29) is 36.0 Å². The van der Waals surface area contributed by atoms with Crippen molar-refractivity contribution in [3.8, 4) is 11.4 Å². The smallest absolute Gasteiger partial charge is 0.416 e. The number of rotatable bonds is 4. The molecule has 0 bridgehead atoms. The fourth-order valence-electron chi connectivity index (χ4n) is 5.84. The number of nitrogen functional groups attached to an aromatic ring is 1. The summed E-state index contributed by atoms with van der Waals surface area (Å²) in [5.41, 5.74) is 8.64. The Morgan fingerprint density at radius 1 is 1.10 bits per heavy atom. The van der Waals surface area contributed by atoms with Crippen molar-refractivity contribution in [2.45, 2.75) is 43.8 Å². The molecule has 2 aromatic carbocycles. The lowest BCUT2D eigenvalue weighted by atomic mass is 9.94. The van der Waals surface area contributed by atoms with E-state index in [2.05, 4.69) is 6.58 Å². The summed E-state index contributed by atoms with van der Waals surface area (Å²) in [7, 11) is 0. The molecule has 0 radical (unpaired) electrons. The van der Waals surface area contributed by atoms with Crippen LogP contribution in [0.2, 0.25) is 0 Å². The minimum absolute atomic E-state index is 0.0375. The van der Waals surface area contributed by atoms with E-state index in [1.54, 1.807) is 20.5 Å². The van der Waals surface area contributed by atoms with E-state index >= 15 is 0 Å². The molecule has 0 saturated heterocycles. The highest BCUT2D eigenvalue weighted by molar-refractivity contribution is 5.99. The van der Waals surface area contributed by atoms with E-state index < -0.39 is 23.7 Å². The molecule has 0 unspecified atom stereocenters. The maximum Gasteiger partial charge on any atom is 0.416 e. The molecule has 1 atom stereocenters. The summed E-state index contributed by atoms with van der Waals surface area (Å²) in [4.78, 5) is 29.6. The number of amides is 2. The topological polar surface area (TPSA) is 105 Å². The van der Waals surface area contributed by atoms with Crippen molar-refractivity contribution in [2.24, 2.45) is 0 Å². The average Bonchev–Trinajstić information content (AvgIpc) is 3.73. The number of carbonyl (C=O) groups excluding carboxylic acids is 2. The summed E-state index contributed by atoms with van der Waals surface area (Å²) in [6, 6.07) is 7.73. The van der Waals surface area contributed by atoms with Crippen LogP contribution in [0.15, 0.2) is 49.1 Å². The van der Waals surface area contributed by atoms with Crippen molar-refractivity contribution in [1.82, 2.24) is 19.6 Å². The molecule has 3 aromatic rings. The minimum atomic E-state index is -4.59. The van der Waals surface area contributed by atoms with Gasteiger partial charge in [-0.05, 0) is 60.7 Å². The van der Waals surface area contributed by atoms with Gasteiger partial charge in [-0.15, -0.1) is 0 Å². The maximum absolute atomic E-state index is 13.8. The molecule has 1 fully saturated rings. The zero-order chi connectivity index (χ0) is 28.3. The van der Waals surface area contributed by atoms with Crippen molar-refractivity contribution >= 4 is 17.5 Å². The highest BCUT2D eigenvalue weighted by Gasteiger charge is 2.41. The Labute approximate surface area is 228 Å². The number of alkyl halides is 3. The molecule has 208 valence electrons. The number of halogens is 3. The molecular formula is C29H28F3N5O3. The van der Waals surface area contributed by atoms with E-state index in [0.29, 0.717) is 36.7 Å². The first kappa shape index (κ1) is 26.0. The number of phenols is 1. The Kier molecular flexibility index (Phi) is 6.12. The predicted octanol–water partition coefficient (Wildman–Crippen LogP) is 4.37. The third kappa shape index (κ3) is 4.39. The second kappa shape index (κ2) is 9.42. The van der Waals surface area contributed by atoms with Crippen LogP contribution in [-0.2, 0) is 23.8 Å². The molecular weight excluding hydrogens is 523 g/mol. The van der Waals surface area contributed by atoms with E-state index in [1.165, 1.54) is 6.08 Å². The van der Waals surface area contributed by atoms with Gasteiger partial charge in [-0.3, -0.25) is 9.59 Å². The van der Waals surface area contributed by atoms with Crippen molar-refractivity contribution in [3.05, 3.63) is 82.7 Å². The first-order valence-corrected chi connectivity index (χ1v) is 13.2. The first-order valence-electron chi connectivity index (χ1n) is 13.2. The van der Waals surface area contributed by atoms with Crippen LogP contribution in [-0.4, -0.2) is 56.1 Å². The van der Waals surface area contributed by atoms with Gasteiger partial charge in [0.2, 0.25) is 5.91 Å². The van der Waals surface area contributed by atoms with Crippen LogP contribution in [0.25, 0.3) is 5.69 Å². The summed E-state index contributed by atoms with van der Waals surface area (Å²) in [5.74, 6) is -0.220. The molecule has 3 heterocycles. The van der Waals surface area contributed by atoms with Crippen LogP contribution >= 0.6 is 0 Å². The molecule has 1 aliphatic carbocycles. The number of hydrogen-bond donors (Lipinski definition) is 2. The minimum Gasteiger partial charge on any atom is -0.506 e. The van der Waals surface area contributed by atoms with Crippen molar-refractivity contribution in [2.75, 3.05) is 25.4 Å². The normalized spacial score (nSPS) is 18.7. The van der Waals surface area contributed by atoms with E-state index in [0.717, 1.165) is 47.9 Å². The Balaban J connectivity index is 1.41. The number of nitrogens with zero attached hydrogens (tertiary/aromatic N) is 4. The quantitative estimate of drug-likeness (QED) is 0.370. The summed E-state index contributed by atoms with van der Waals surface area (Å²) in [6.07, 6.45) is -0.341. The van der Waals surface area contributed by atoms with Gasteiger partial charge in [0.25, 0.3) is 5.91 Å². The SMILES string of the molecule is C=CC(=O)N1CCc2nn(-c3ccc(C4CC4)cc3O)c3c2[C@H](C1)N(C(=O)c1ccc(C(F)(F)F)cc1N)CC3. The third-order valence-corrected chi connectivity index (χ3v) is 8.04. The van der Waals surface area contributed by atoms with Gasteiger partial charge < -0.3 is 20.6 Å². The molecule has 40 heavy (non-hydrogen) atoms. The highest BCUT2D eigenvalue weighted by Crippen LogP contribution is 2.43. The molecule has 2 aliphatic heterocycles. The highest BCUT2D eigenvalue weighted by atomic mass is 19.4. The van der Waals surface area contributed by atoms with Crippen LogP contribution in [0, 0.1) is 0 Å². The Hall–Kier alpha value is -4.28. The number of carbonyl (C=O) groups is 2. The van der Waals surface area contributed by atoms with Crippen molar-refractivity contribution in [1.29, 1.82) is 0 Å². The van der Waals surface area contributed by atoms with E-state index in [1.807, 2.05) is 12.1 Å². The molecule has 0 spiro atoms. The van der Waals surface area contributed by atoms with Crippen LogP contribution < -0.4 is 5.73 Å².